The Balaban J connectivity index is 1.35. The van der Waals surface area contributed by atoms with Crippen LogP contribution in [0.25, 0.3) is 22.7 Å². The van der Waals surface area contributed by atoms with Crippen molar-refractivity contribution in [3.63, 3.8) is 0 Å². The van der Waals surface area contributed by atoms with Gasteiger partial charge in [-0.2, -0.15) is 14.1 Å². The van der Waals surface area contributed by atoms with Crippen LogP contribution in [0.5, 0.6) is 0 Å². The third kappa shape index (κ3) is 2.65. The number of carboxylic acid groups (broad SMARTS) is 1. The number of aryl methyl sites for hydroxylation is 1. The third-order valence-corrected chi connectivity index (χ3v) is 8.66. The molecule has 4 bridgehead atoms. The lowest BCUT2D eigenvalue weighted by Gasteiger charge is -2.59. The Labute approximate surface area is 189 Å². The smallest absolute Gasteiger partial charge is 0.309 e. The largest absolute Gasteiger partial charge is 0.481 e. The van der Waals surface area contributed by atoms with Crippen molar-refractivity contribution in [2.75, 3.05) is 0 Å². The van der Waals surface area contributed by atoms with E-state index in [0.29, 0.717) is 30.0 Å². The number of benzene rings is 1. The second kappa shape index (κ2) is 6.82. The zero-order valence-corrected chi connectivity index (χ0v) is 18.2. The number of fused-ring (bicyclic) bond motifs is 3. The van der Waals surface area contributed by atoms with Crippen molar-refractivity contribution in [1.82, 2.24) is 34.6 Å². The second-order valence-electron chi connectivity index (χ2n) is 10.3. The number of carboxylic acids is 1. The first-order valence-corrected chi connectivity index (χ1v) is 11.9. The number of aliphatic carboxylic acids is 1. The first-order chi connectivity index (χ1) is 16.1. The fourth-order valence-corrected chi connectivity index (χ4v) is 7.70. The van der Waals surface area contributed by atoms with Crippen LogP contribution in [-0.4, -0.2) is 45.7 Å². The monoisotopic (exact) mass is 443 g/mol. The van der Waals surface area contributed by atoms with Crippen molar-refractivity contribution in [2.45, 2.75) is 44.9 Å². The predicted molar refractivity (Wildman–Crippen MR) is 118 cm³/mol. The zero-order chi connectivity index (χ0) is 22.2. The molecule has 3 unspecified atom stereocenters. The number of carbonyl (C=O) groups is 1. The maximum atomic E-state index is 12.6. The van der Waals surface area contributed by atoms with Crippen LogP contribution in [0.4, 0.5) is 0 Å². The number of nitrogens with zero attached hydrogens (tertiary/aromatic N) is 7. The van der Waals surface area contributed by atoms with E-state index in [4.69, 9.17) is 0 Å². The topological polar surface area (TPSA) is 111 Å². The summed E-state index contributed by atoms with van der Waals surface area (Å²) >= 11 is 0. The van der Waals surface area contributed by atoms with Crippen LogP contribution in [-0.2, 0) is 11.2 Å². The Morgan fingerprint density at radius 3 is 2.64 bits per heavy atom. The van der Waals surface area contributed by atoms with Crippen molar-refractivity contribution in [2.24, 2.45) is 29.1 Å². The zero-order valence-electron chi connectivity index (χ0n) is 18.2. The van der Waals surface area contributed by atoms with Crippen LogP contribution < -0.4 is 0 Å². The Kier molecular flexibility index (Phi) is 3.96. The van der Waals surface area contributed by atoms with E-state index < -0.39 is 11.4 Å². The number of tetrazole rings is 1. The summed E-state index contributed by atoms with van der Waals surface area (Å²) in [5.41, 5.74) is 3.11. The van der Waals surface area contributed by atoms with Crippen LogP contribution in [0.1, 0.15) is 44.1 Å². The van der Waals surface area contributed by atoms with Crippen LogP contribution in [0.3, 0.4) is 0 Å². The molecule has 4 aliphatic rings. The molecule has 0 aliphatic heterocycles. The van der Waals surface area contributed by atoms with E-state index in [1.54, 1.807) is 9.03 Å². The van der Waals surface area contributed by atoms with Gasteiger partial charge in [-0.15, -0.1) is 0 Å². The highest BCUT2D eigenvalue weighted by molar-refractivity contribution is 5.76. The number of aromatic nitrogens is 7. The van der Waals surface area contributed by atoms with Crippen molar-refractivity contribution in [3.05, 3.63) is 42.2 Å². The highest BCUT2D eigenvalue weighted by Crippen LogP contribution is 2.64. The molecule has 4 aromatic rings. The normalized spacial score (nSPS) is 30.4. The molecule has 3 heterocycles. The Morgan fingerprint density at radius 1 is 1.09 bits per heavy atom. The SMILES string of the molecule is O=C(O)C12CC3CC(CC(C3)C1CCc1c(-c3ccccc3)n3nnnc3n3ncnc13)C2. The average molecular weight is 444 g/mol. The van der Waals surface area contributed by atoms with Crippen LogP contribution >= 0.6 is 0 Å². The van der Waals surface area contributed by atoms with E-state index in [2.05, 4.69) is 37.7 Å². The van der Waals surface area contributed by atoms with Gasteiger partial charge in [0.1, 0.15) is 6.33 Å². The van der Waals surface area contributed by atoms with Gasteiger partial charge in [0.2, 0.25) is 0 Å². The summed E-state index contributed by atoms with van der Waals surface area (Å²) < 4.78 is 3.42. The minimum absolute atomic E-state index is 0.193. The molecule has 33 heavy (non-hydrogen) atoms. The molecule has 0 spiro atoms. The second-order valence-corrected chi connectivity index (χ2v) is 10.3. The van der Waals surface area contributed by atoms with Gasteiger partial charge in [-0.05, 0) is 79.0 Å². The van der Waals surface area contributed by atoms with Gasteiger partial charge in [0, 0.05) is 11.1 Å². The molecule has 4 fully saturated rings. The van der Waals surface area contributed by atoms with Crippen molar-refractivity contribution < 1.29 is 9.90 Å². The Bertz CT molecular complexity index is 1360. The molecule has 4 saturated carbocycles. The summed E-state index contributed by atoms with van der Waals surface area (Å²) in [6, 6.07) is 10.1. The predicted octanol–water partition coefficient (Wildman–Crippen LogP) is 3.29. The van der Waals surface area contributed by atoms with Crippen molar-refractivity contribution in [1.29, 1.82) is 0 Å². The third-order valence-electron chi connectivity index (χ3n) is 8.66. The molecular formula is C24H25N7O2. The number of hydrogen-bond acceptors (Lipinski definition) is 6. The molecule has 0 radical (unpaired) electrons. The van der Waals surface area contributed by atoms with Gasteiger partial charge in [-0.25, -0.2) is 4.98 Å². The van der Waals surface area contributed by atoms with Gasteiger partial charge in [0.25, 0.3) is 5.78 Å². The molecule has 3 aromatic heterocycles. The average Bonchev–Trinajstić information content (AvgIpc) is 3.48. The summed E-state index contributed by atoms with van der Waals surface area (Å²) in [5.74, 6) is 1.82. The molecule has 8 rings (SSSR count). The fourth-order valence-electron chi connectivity index (χ4n) is 7.70. The molecule has 168 valence electrons. The highest BCUT2D eigenvalue weighted by atomic mass is 16.4. The van der Waals surface area contributed by atoms with Gasteiger partial charge in [0.15, 0.2) is 5.65 Å². The van der Waals surface area contributed by atoms with E-state index in [9.17, 15) is 9.90 Å². The number of rotatable bonds is 5. The highest BCUT2D eigenvalue weighted by Gasteiger charge is 2.60. The van der Waals surface area contributed by atoms with Crippen LogP contribution in [0, 0.1) is 29.1 Å². The lowest BCUT2D eigenvalue weighted by atomic mass is 9.44. The molecule has 9 nitrogen and oxygen atoms in total. The first-order valence-electron chi connectivity index (χ1n) is 11.9. The quantitative estimate of drug-likeness (QED) is 0.504. The standard InChI is InChI=1S/C24H25N7O2/c32-22(33)24-11-14-8-15(12-24)10-17(9-14)19(24)7-6-18-20(16-4-2-1-3-5-16)30-23(27-28-29-30)31-21(18)25-13-26-31/h1-5,13-15,17,19H,6-12H2,(H,32,33). The maximum Gasteiger partial charge on any atom is 0.309 e. The summed E-state index contributed by atoms with van der Waals surface area (Å²) in [7, 11) is 0. The lowest BCUT2D eigenvalue weighted by Crippen LogP contribution is -2.56. The Morgan fingerprint density at radius 2 is 1.88 bits per heavy atom. The number of hydrogen-bond donors (Lipinski definition) is 1. The summed E-state index contributed by atoms with van der Waals surface area (Å²) in [6.07, 6.45) is 8.37. The molecule has 0 amide bonds. The van der Waals surface area contributed by atoms with Crippen LogP contribution in [0.2, 0.25) is 0 Å². The van der Waals surface area contributed by atoms with E-state index in [-0.39, 0.29) is 5.92 Å². The molecular weight excluding hydrogens is 418 g/mol. The molecule has 0 saturated heterocycles. The molecule has 9 heteroatoms. The van der Waals surface area contributed by atoms with E-state index in [0.717, 1.165) is 41.7 Å². The van der Waals surface area contributed by atoms with Gasteiger partial charge in [0.05, 0.1) is 11.1 Å². The van der Waals surface area contributed by atoms with Gasteiger partial charge < -0.3 is 5.11 Å². The first kappa shape index (κ1) is 19.1. The molecule has 4 aliphatic carbocycles. The van der Waals surface area contributed by atoms with E-state index in [1.165, 1.54) is 25.6 Å². The lowest BCUT2D eigenvalue weighted by molar-refractivity contribution is -0.178. The summed E-state index contributed by atoms with van der Waals surface area (Å²) in [4.78, 5) is 17.2. The van der Waals surface area contributed by atoms with Gasteiger partial charge in [-0.3, -0.25) is 4.79 Å². The van der Waals surface area contributed by atoms with Crippen LogP contribution in [0.15, 0.2) is 36.7 Å². The van der Waals surface area contributed by atoms with E-state index in [1.807, 2.05) is 18.2 Å². The summed E-state index contributed by atoms with van der Waals surface area (Å²) in [6.45, 7) is 0. The fraction of sp³-hybridized carbons (Fsp3) is 0.500. The van der Waals surface area contributed by atoms with Gasteiger partial charge >= 0.3 is 5.97 Å². The van der Waals surface area contributed by atoms with Crippen molar-refractivity contribution in [3.8, 4) is 11.3 Å². The maximum absolute atomic E-state index is 12.6. The summed E-state index contributed by atoms with van der Waals surface area (Å²) in [5, 5.41) is 27.1. The molecule has 1 aromatic carbocycles. The minimum atomic E-state index is -0.585. The minimum Gasteiger partial charge on any atom is -0.481 e. The van der Waals surface area contributed by atoms with Gasteiger partial charge in [-0.1, -0.05) is 35.4 Å². The van der Waals surface area contributed by atoms with Crippen molar-refractivity contribution >= 4 is 17.4 Å². The molecule has 3 atom stereocenters. The Hall–Kier alpha value is -3.36. The van der Waals surface area contributed by atoms with E-state index >= 15 is 0 Å². The molecule has 1 N–H and O–H groups in total.